The Morgan fingerprint density at radius 3 is 2.15 bits per heavy atom. The fraction of sp³-hybridized carbons (Fsp3) is 0.364. The predicted octanol–water partition coefficient (Wildman–Crippen LogP) is 3.35. The minimum absolute atomic E-state index is 0.0140. The summed E-state index contributed by atoms with van der Waals surface area (Å²) in [6.45, 7) is 9.22. The molecule has 0 aliphatic rings. The summed E-state index contributed by atoms with van der Waals surface area (Å²) in [7, 11) is 0. The van der Waals surface area contributed by atoms with E-state index < -0.39 is 0 Å². The molecule has 5 heteroatoms. The van der Waals surface area contributed by atoms with E-state index in [9.17, 15) is 9.59 Å². The molecule has 0 heterocycles. The largest absolute Gasteiger partial charge is 0.352 e. The van der Waals surface area contributed by atoms with Gasteiger partial charge in [0, 0.05) is 25.7 Å². The van der Waals surface area contributed by atoms with Crippen molar-refractivity contribution >= 4 is 17.5 Å². The Kier molecular flexibility index (Phi) is 8.01. The third-order valence-corrected chi connectivity index (χ3v) is 4.52. The highest BCUT2D eigenvalue weighted by atomic mass is 16.2. The van der Waals surface area contributed by atoms with Gasteiger partial charge in [-0.2, -0.15) is 0 Å². The lowest BCUT2D eigenvalue weighted by molar-refractivity contribution is -0.120. The molecule has 2 N–H and O–H groups in total. The third kappa shape index (κ3) is 6.87. The first-order chi connectivity index (χ1) is 13.0. The van der Waals surface area contributed by atoms with Crippen molar-refractivity contribution in [2.24, 2.45) is 0 Å². The summed E-state index contributed by atoms with van der Waals surface area (Å²) >= 11 is 0. The summed E-state index contributed by atoms with van der Waals surface area (Å²) in [5.41, 5.74) is 4.05. The van der Waals surface area contributed by atoms with Crippen LogP contribution in [0.15, 0.2) is 48.5 Å². The fourth-order valence-electron chi connectivity index (χ4n) is 2.92. The van der Waals surface area contributed by atoms with Gasteiger partial charge in [0.2, 0.25) is 11.8 Å². The molecule has 0 atom stereocenters. The summed E-state index contributed by atoms with van der Waals surface area (Å²) in [6, 6.07) is 15.6. The molecule has 0 radical (unpaired) electrons. The first-order valence-corrected chi connectivity index (χ1v) is 9.44. The number of benzene rings is 2. The highest BCUT2D eigenvalue weighted by Gasteiger charge is 2.08. The van der Waals surface area contributed by atoms with Gasteiger partial charge in [0.1, 0.15) is 0 Å². The summed E-state index contributed by atoms with van der Waals surface area (Å²) < 4.78 is 0. The van der Waals surface area contributed by atoms with Crippen LogP contribution in [0, 0.1) is 0 Å². The third-order valence-electron chi connectivity index (χ3n) is 4.52. The molecule has 144 valence electrons. The molecule has 0 aliphatic carbocycles. The zero-order chi connectivity index (χ0) is 19.6. The van der Waals surface area contributed by atoms with Gasteiger partial charge in [-0.15, -0.1) is 0 Å². The lowest BCUT2D eigenvalue weighted by Gasteiger charge is -2.20. The van der Waals surface area contributed by atoms with E-state index in [2.05, 4.69) is 41.5 Å². The smallest absolute Gasteiger partial charge is 0.224 e. The van der Waals surface area contributed by atoms with Gasteiger partial charge < -0.3 is 10.6 Å². The van der Waals surface area contributed by atoms with Gasteiger partial charge in [-0.3, -0.25) is 14.5 Å². The van der Waals surface area contributed by atoms with E-state index in [0.717, 1.165) is 36.4 Å². The minimum atomic E-state index is -0.108. The molecule has 2 rings (SSSR count). The minimum Gasteiger partial charge on any atom is -0.352 e. The van der Waals surface area contributed by atoms with Crippen LogP contribution < -0.4 is 10.6 Å². The summed E-state index contributed by atoms with van der Waals surface area (Å²) in [6.07, 6.45) is 0.318. The normalized spacial score (nSPS) is 10.7. The topological polar surface area (TPSA) is 61.4 Å². The maximum Gasteiger partial charge on any atom is 0.224 e. The molecule has 2 aromatic carbocycles. The second kappa shape index (κ2) is 10.5. The number of rotatable bonds is 9. The number of anilines is 1. The molecular formula is C22H29N3O2. The Bertz CT molecular complexity index is 752. The van der Waals surface area contributed by atoms with Gasteiger partial charge in [0.25, 0.3) is 0 Å². The van der Waals surface area contributed by atoms with Gasteiger partial charge in [-0.1, -0.05) is 50.2 Å². The Morgan fingerprint density at radius 2 is 1.56 bits per heavy atom. The highest BCUT2D eigenvalue weighted by molar-refractivity contribution is 5.88. The van der Waals surface area contributed by atoms with E-state index in [-0.39, 0.29) is 11.8 Å². The Hall–Kier alpha value is -2.66. The Labute approximate surface area is 161 Å². The van der Waals surface area contributed by atoms with Crippen LogP contribution in [-0.4, -0.2) is 29.8 Å². The average molecular weight is 367 g/mol. The van der Waals surface area contributed by atoms with Crippen molar-refractivity contribution in [1.29, 1.82) is 0 Å². The van der Waals surface area contributed by atoms with E-state index in [1.165, 1.54) is 12.5 Å². The van der Waals surface area contributed by atoms with E-state index in [1.54, 1.807) is 0 Å². The van der Waals surface area contributed by atoms with E-state index in [1.807, 2.05) is 36.4 Å². The van der Waals surface area contributed by atoms with Gasteiger partial charge in [0.15, 0.2) is 0 Å². The molecule has 0 aromatic heterocycles. The number of hydrogen-bond acceptors (Lipinski definition) is 3. The maximum absolute atomic E-state index is 12.3. The van der Waals surface area contributed by atoms with Crippen LogP contribution in [0.4, 0.5) is 5.69 Å². The van der Waals surface area contributed by atoms with Crippen LogP contribution in [0.25, 0.3) is 0 Å². The average Bonchev–Trinajstić information content (AvgIpc) is 2.66. The quantitative estimate of drug-likeness (QED) is 0.714. The van der Waals surface area contributed by atoms with Crippen molar-refractivity contribution in [2.45, 2.75) is 40.3 Å². The first kappa shape index (κ1) is 20.6. The van der Waals surface area contributed by atoms with E-state index >= 15 is 0 Å². The predicted molar refractivity (Wildman–Crippen MR) is 109 cm³/mol. The second-order valence-corrected chi connectivity index (χ2v) is 6.56. The van der Waals surface area contributed by atoms with Gasteiger partial charge in [-0.25, -0.2) is 0 Å². The van der Waals surface area contributed by atoms with Crippen LogP contribution in [0.1, 0.15) is 37.5 Å². The number of carbonyl (C=O) groups is 2. The SMILES string of the molecule is CCN(CC)Cc1ccccc1CNC(=O)Cc1ccc(NC(C)=O)cc1. The molecular weight excluding hydrogens is 338 g/mol. The molecule has 27 heavy (non-hydrogen) atoms. The first-order valence-electron chi connectivity index (χ1n) is 9.44. The number of hydrogen-bond donors (Lipinski definition) is 2. The van der Waals surface area contributed by atoms with E-state index in [0.29, 0.717) is 13.0 Å². The zero-order valence-electron chi connectivity index (χ0n) is 16.4. The molecule has 2 amide bonds. The highest BCUT2D eigenvalue weighted by Crippen LogP contribution is 2.13. The molecule has 2 aromatic rings. The lowest BCUT2D eigenvalue weighted by Crippen LogP contribution is -2.27. The molecule has 0 bridgehead atoms. The molecule has 0 saturated heterocycles. The molecule has 5 nitrogen and oxygen atoms in total. The van der Waals surface area contributed by atoms with Crippen LogP contribution in [0.5, 0.6) is 0 Å². The maximum atomic E-state index is 12.3. The van der Waals surface area contributed by atoms with Gasteiger partial charge in [0.05, 0.1) is 6.42 Å². The van der Waals surface area contributed by atoms with Crippen molar-refractivity contribution < 1.29 is 9.59 Å². The molecule has 0 aliphatic heterocycles. The van der Waals surface area contributed by atoms with Crippen molar-refractivity contribution in [3.8, 4) is 0 Å². The van der Waals surface area contributed by atoms with Gasteiger partial charge in [-0.05, 0) is 41.9 Å². The summed E-state index contributed by atoms with van der Waals surface area (Å²) in [5.74, 6) is -0.121. The molecule has 0 fully saturated rings. The molecule has 0 spiro atoms. The zero-order valence-corrected chi connectivity index (χ0v) is 16.4. The van der Waals surface area contributed by atoms with Crippen molar-refractivity contribution in [3.63, 3.8) is 0 Å². The van der Waals surface area contributed by atoms with Crippen LogP contribution in [0.3, 0.4) is 0 Å². The van der Waals surface area contributed by atoms with Crippen molar-refractivity contribution in [1.82, 2.24) is 10.2 Å². The lowest BCUT2D eigenvalue weighted by atomic mass is 10.1. The van der Waals surface area contributed by atoms with Crippen molar-refractivity contribution in [3.05, 3.63) is 65.2 Å². The number of carbonyl (C=O) groups excluding carboxylic acids is 2. The van der Waals surface area contributed by atoms with Crippen LogP contribution in [0.2, 0.25) is 0 Å². The number of amides is 2. The van der Waals surface area contributed by atoms with Gasteiger partial charge >= 0.3 is 0 Å². The molecule has 0 saturated carbocycles. The number of nitrogens with one attached hydrogen (secondary N) is 2. The fourth-order valence-corrected chi connectivity index (χ4v) is 2.92. The monoisotopic (exact) mass is 367 g/mol. The van der Waals surface area contributed by atoms with E-state index in [4.69, 9.17) is 0 Å². The molecule has 0 unspecified atom stereocenters. The second-order valence-electron chi connectivity index (χ2n) is 6.56. The summed E-state index contributed by atoms with van der Waals surface area (Å²) in [5, 5.41) is 5.74. The van der Waals surface area contributed by atoms with Crippen LogP contribution in [-0.2, 0) is 29.1 Å². The standard InChI is InChI=1S/C22H29N3O2/c1-4-25(5-2)16-20-9-7-6-8-19(20)15-23-22(27)14-18-10-12-21(13-11-18)24-17(3)26/h6-13H,4-5,14-16H2,1-3H3,(H,23,27)(H,24,26). The summed E-state index contributed by atoms with van der Waals surface area (Å²) in [4.78, 5) is 25.7. The number of nitrogens with zero attached hydrogens (tertiary/aromatic N) is 1. The Morgan fingerprint density at radius 1 is 0.926 bits per heavy atom. The van der Waals surface area contributed by atoms with Crippen molar-refractivity contribution in [2.75, 3.05) is 18.4 Å². The Balaban J connectivity index is 1.91. The van der Waals surface area contributed by atoms with Crippen LogP contribution >= 0.6 is 0 Å².